The number of hydrogen-bond acceptors (Lipinski definition) is 3. The monoisotopic (exact) mass is 293 g/mol. The fraction of sp³-hybridized carbons (Fsp3) is 0.133. The zero-order valence-corrected chi connectivity index (χ0v) is 11.1. The summed E-state index contributed by atoms with van der Waals surface area (Å²) in [6, 6.07) is 14.0. The van der Waals surface area contributed by atoms with Crippen LogP contribution in [0.1, 0.15) is 11.1 Å². The minimum atomic E-state index is -4.34. The van der Waals surface area contributed by atoms with E-state index >= 15 is 0 Å². The molecular formula is C15H14F3N3. The molecule has 0 saturated carbocycles. The molecule has 0 atom stereocenters. The molecule has 0 spiro atoms. The van der Waals surface area contributed by atoms with E-state index < -0.39 is 11.7 Å². The van der Waals surface area contributed by atoms with Crippen LogP contribution in [0.2, 0.25) is 0 Å². The summed E-state index contributed by atoms with van der Waals surface area (Å²) in [6.45, 7) is 0.220. The van der Waals surface area contributed by atoms with Crippen molar-refractivity contribution in [1.82, 2.24) is 0 Å². The van der Waals surface area contributed by atoms with Crippen molar-refractivity contribution in [3.05, 3.63) is 65.7 Å². The van der Waals surface area contributed by atoms with E-state index in [4.69, 9.17) is 5.73 Å². The molecule has 0 aromatic heterocycles. The topological polar surface area (TPSA) is 50.4 Å². The normalized spacial score (nSPS) is 12.3. The number of rotatable bonds is 4. The molecule has 0 amide bonds. The molecule has 0 saturated heterocycles. The van der Waals surface area contributed by atoms with Crippen LogP contribution in [0, 0.1) is 0 Å². The summed E-state index contributed by atoms with van der Waals surface area (Å²) in [7, 11) is 0. The number of nitrogens with zero attached hydrogens (tertiary/aromatic N) is 1. The quantitative estimate of drug-likeness (QED) is 0.670. The van der Waals surface area contributed by atoms with Crippen LogP contribution in [0.3, 0.4) is 0 Å². The summed E-state index contributed by atoms with van der Waals surface area (Å²) in [5.74, 6) is 0. The number of anilines is 1. The molecule has 0 aliphatic heterocycles. The molecular weight excluding hydrogens is 279 g/mol. The van der Waals surface area contributed by atoms with Gasteiger partial charge in [-0.05, 0) is 29.8 Å². The van der Waals surface area contributed by atoms with Crippen molar-refractivity contribution in [3.8, 4) is 0 Å². The smallest absolute Gasteiger partial charge is 0.325 e. The zero-order chi connectivity index (χ0) is 15.3. The van der Waals surface area contributed by atoms with Crippen LogP contribution in [0.25, 0.3) is 0 Å². The van der Waals surface area contributed by atoms with Crippen molar-refractivity contribution in [1.29, 1.82) is 0 Å². The van der Waals surface area contributed by atoms with Crippen LogP contribution in [0.15, 0.2) is 59.7 Å². The fourth-order valence-corrected chi connectivity index (χ4v) is 1.72. The number of nitrogens with two attached hydrogens (primary N) is 1. The van der Waals surface area contributed by atoms with Gasteiger partial charge in [0.05, 0.1) is 17.0 Å². The van der Waals surface area contributed by atoms with E-state index in [0.29, 0.717) is 11.4 Å². The maximum absolute atomic E-state index is 12.4. The highest BCUT2D eigenvalue weighted by Crippen LogP contribution is 2.29. The maximum Gasteiger partial charge on any atom is 0.416 e. The van der Waals surface area contributed by atoms with E-state index in [1.165, 1.54) is 12.1 Å². The van der Waals surface area contributed by atoms with Crippen molar-refractivity contribution in [2.45, 2.75) is 6.18 Å². The van der Waals surface area contributed by atoms with Crippen molar-refractivity contribution >= 4 is 11.4 Å². The maximum atomic E-state index is 12.4. The van der Waals surface area contributed by atoms with Gasteiger partial charge in [0.15, 0.2) is 0 Å². The van der Waals surface area contributed by atoms with Crippen LogP contribution in [-0.2, 0) is 6.18 Å². The van der Waals surface area contributed by atoms with Gasteiger partial charge in [0.25, 0.3) is 0 Å². The average molecular weight is 293 g/mol. The Bertz CT molecular complexity index is 604. The standard InChI is InChI=1S/C15H14F3N3/c16-15(17,18)12-6-8-13(9-7-12)20-21-14(10-19)11-4-2-1-3-5-11/h1-9,20H,10,19H2. The Kier molecular flexibility index (Phi) is 4.59. The van der Waals surface area contributed by atoms with Crippen LogP contribution >= 0.6 is 0 Å². The Balaban J connectivity index is 2.12. The first-order valence-corrected chi connectivity index (χ1v) is 6.26. The number of nitrogens with one attached hydrogen (secondary N) is 1. The first-order valence-electron chi connectivity index (χ1n) is 6.26. The van der Waals surface area contributed by atoms with E-state index in [2.05, 4.69) is 10.5 Å². The molecule has 0 fully saturated rings. The molecule has 2 aromatic carbocycles. The summed E-state index contributed by atoms with van der Waals surface area (Å²) in [6.07, 6.45) is -4.34. The van der Waals surface area contributed by atoms with E-state index in [9.17, 15) is 13.2 Å². The van der Waals surface area contributed by atoms with E-state index in [1.807, 2.05) is 30.3 Å². The molecule has 3 N–H and O–H groups in total. The van der Waals surface area contributed by atoms with Crippen LogP contribution < -0.4 is 11.2 Å². The average Bonchev–Trinajstić information content (AvgIpc) is 2.48. The molecule has 0 aliphatic carbocycles. The molecule has 0 bridgehead atoms. The highest BCUT2D eigenvalue weighted by atomic mass is 19.4. The summed E-state index contributed by atoms with van der Waals surface area (Å²) < 4.78 is 37.3. The van der Waals surface area contributed by atoms with Gasteiger partial charge in [0, 0.05) is 6.54 Å². The second-order valence-corrected chi connectivity index (χ2v) is 4.32. The molecule has 3 nitrogen and oxygen atoms in total. The SMILES string of the molecule is NCC(=NNc1ccc(C(F)(F)F)cc1)c1ccccc1. The van der Waals surface area contributed by atoms with E-state index in [0.717, 1.165) is 17.7 Å². The van der Waals surface area contributed by atoms with Gasteiger partial charge in [0.2, 0.25) is 0 Å². The molecule has 21 heavy (non-hydrogen) atoms. The van der Waals surface area contributed by atoms with Gasteiger partial charge in [-0.1, -0.05) is 30.3 Å². The molecule has 2 rings (SSSR count). The summed E-state index contributed by atoms with van der Waals surface area (Å²) >= 11 is 0. The molecule has 110 valence electrons. The number of hydrogen-bond donors (Lipinski definition) is 2. The van der Waals surface area contributed by atoms with Crippen LogP contribution in [0.5, 0.6) is 0 Å². The number of hydrazone groups is 1. The number of benzene rings is 2. The van der Waals surface area contributed by atoms with Gasteiger partial charge >= 0.3 is 6.18 Å². The predicted molar refractivity (Wildman–Crippen MR) is 77.1 cm³/mol. The Morgan fingerprint density at radius 1 is 1.00 bits per heavy atom. The third-order valence-corrected chi connectivity index (χ3v) is 2.83. The second-order valence-electron chi connectivity index (χ2n) is 4.32. The highest BCUT2D eigenvalue weighted by molar-refractivity contribution is 6.02. The molecule has 0 aliphatic rings. The lowest BCUT2D eigenvalue weighted by Crippen LogP contribution is -2.16. The van der Waals surface area contributed by atoms with Crippen LogP contribution in [-0.4, -0.2) is 12.3 Å². The molecule has 0 radical (unpaired) electrons. The van der Waals surface area contributed by atoms with E-state index in [1.54, 1.807) is 0 Å². The van der Waals surface area contributed by atoms with Crippen molar-refractivity contribution < 1.29 is 13.2 Å². The third-order valence-electron chi connectivity index (χ3n) is 2.83. The molecule has 2 aromatic rings. The Morgan fingerprint density at radius 3 is 2.14 bits per heavy atom. The van der Waals surface area contributed by atoms with Gasteiger partial charge in [0.1, 0.15) is 0 Å². The van der Waals surface area contributed by atoms with Crippen LogP contribution in [0.4, 0.5) is 18.9 Å². The summed E-state index contributed by atoms with van der Waals surface area (Å²) in [5.41, 5.74) is 9.59. The Labute approximate surface area is 120 Å². The first-order chi connectivity index (χ1) is 10.0. The summed E-state index contributed by atoms with van der Waals surface area (Å²) in [5, 5.41) is 4.13. The predicted octanol–water partition coefficient (Wildman–Crippen LogP) is 3.48. The van der Waals surface area contributed by atoms with Crippen molar-refractivity contribution in [3.63, 3.8) is 0 Å². The lowest BCUT2D eigenvalue weighted by atomic mass is 10.1. The van der Waals surface area contributed by atoms with Gasteiger partial charge in [-0.3, -0.25) is 5.43 Å². The van der Waals surface area contributed by atoms with Gasteiger partial charge < -0.3 is 5.73 Å². The third kappa shape index (κ3) is 4.06. The van der Waals surface area contributed by atoms with E-state index in [-0.39, 0.29) is 6.54 Å². The number of alkyl halides is 3. The zero-order valence-electron chi connectivity index (χ0n) is 11.1. The fourth-order valence-electron chi connectivity index (χ4n) is 1.72. The molecule has 0 heterocycles. The minimum Gasteiger partial charge on any atom is -0.325 e. The minimum absolute atomic E-state index is 0.220. The van der Waals surface area contributed by atoms with Gasteiger partial charge in [-0.25, -0.2) is 0 Å². The Hall–Kier alpha value is -2.34. The lowest BCUT2D eigenvalue weighted by molar-refractivity contribution is -0.137. The molecule has 0 unspecified atom stereocenters. The lowest BCUT2D eigenvalue weighted by Gasteiger charge is -2.08. The molecule has 6 heteroatoms. The highest BCUT2D eigenvalue weighted by Gasteiger charge is 2.29. The van der Waals surface area contributed by atoms with Crippen molar-refractivity contribution in [2.75, 3.05) is 12.0 Å². The first kappa shape index (κ1) is 15.1. The number of halogens is 3. The second kappa shape index (κ2) is 6.41. The van der Waals surface area contributed by atoms with Gasteiger partial charge in [-0.15, -0.1) is 0 Å². The van der Waals surface area contributed by atoms with Crippen molar-refractivity contribution in [2.24, 2.45) is 10.8 Å². The van der Waals surface area contributed by atoms with Gasteiger partial charge in [-0.2, -0.15) is 18.3 Å². The summed E-state index contributed by atoms with van der Waals surface area (Å²) in [4.78, 5) is 0. The Morgan fingerprint density at radius 2 is 1.62 bits per heavy atom. The largest absolute Gasteiger partial charge is 0.416 e.